The molecule has 0 unspecified atom stereocenters. The lowest BCUT2D eigenvalue weighted by Crippen LogP contribution is -2.31. The molecule has 6 heteroatoms. The number of furan rings is 1. The molecule has 0 bridgehead atoms. The summed E-state index contributed by atoms with van der Waals surface area (Å²) in [5.74, 6) is 1.89. The summed E-state index contributed by atoms with van der Waals surface area (Å²) in [5.41, 5.74) is 3.02. The Bertz CT molecular complexity index is 1150. The van der Waals surface area contributed by atoms with Crippen molar-refractivity contribution in [2.75, 3.05) is 11.5 Å². The molecule has 0 fully saturated rings. The zero-order valence-corrected chi connectivity index (χ0v) is 18.8. The first-order chi connectivity index (χ1) is 15.0. The number of benzene rings is 2. The minimum atomic E-state index is -0.0225. The van der Waals surface area contributed by atoms with Gasteiger partial charge in [-0.1, -0.05) is 55.5 Å². The smallest absolute Gasteiger partial charge is 0.233 e. The summed E-state index contributed by atoms with van der Waals surface area (Å²) in [6.07, 6.45) is 1.92. The maximum atomic E-state index is 13.4. The number of rotatable bonds is 8. The molecule has 0 atom stereocenters. The normalized spacial score (nSPS) is 11.2. The number of fused-ring (bicyclic) bond motifs is 1. The van der Waals surface area contributed by atoms with Gasteiger partial charge in [-0.3, -0.25) is 9.69 Å². The molecule has 0 saturated carbocycles. The number of anilines is 1. The van der Waals surface area contributed by atoms with Crippen LogP contribution in [0.25, 0.3) is 10.2 Å². The largest absolute Gasteiger partial charge is 0.492 e. The van der Waals surface area contributed by atoms with E-state index < -0.39 is 0 Å². The molecule has 0 aliphatic carbocycles. The van der Waals surface area contributed by atoms with Crippen molar-refractivity contribution in [2.45, 2.75) is 39.7 Å². The number of carbonyl (C=O) groups excluding carboxylic acids is 1. The van der Waals surface area contributed by atoms with Crippen molar-refractivity contribution in [3.8, 4) is 5.75 Å². The summed E-state index contributed by atoms with van der Waals surface area (Å²) in [5, 5.41) is 0.641. The molecule has 4 rings (SSSR count). The number of amides is 1. The first-order valence-corrected chi connectivity index (χ1v) is 11.3. The van der Waals surface area contributed by atoms with Crippen LogP contribution in [0.15, 0.2) is 65.3 Å². The van der Waals surface area contributed by atoms with Crippen LogP contribution >= 0.6 is 11.3 Å². The lowest BCUT2D eigenvalue weighted by molar-refractivity contribution is -0.118. The van der Waals surface area contributed by atoms with Crippen molar-refractivity contribution < 1.29 is 13.9 Å². The first kappa shape index (κ1) is 21.1. The molecule has 4 aromatic rings. The van der Waals surface area contributed by atoms with E-state index in [-0.39, 0.29) is 5.91 Å². The molecular weight excluding hydrogens is 408 g/mol. The second-order valence-electron chi connectivity index (χ2n) is 7.66. The van der Waals surface area contributed by atoms with E-state index in [9.17, 15) is 4.79 Å². The summed E-state index contributed by atoms with van der Waals surface area (Å²) in [4.78, 5) is 19.8. The van der Waals surface area contributed by atoms with E-state index in [1.54, 1.807) is 11.2 Å². The van der Waals surface area contributed by atoms with Gasteiger partial charge in [0.05, 0.1) is 30.5 Å². The molecule has 2 aromatic carbocycles. The van der Waals surface area contributed by atoms with Crippen molar-refractivity contribution in [1.82, 2.24) is 4.98 Å². The molecule has 160 valence electrons. The van der Waals surface area contributed by atoms with E-state index in [0.29, 0.717) is 36.4 Å². The van der Waals surface area contributed by atoms with Crippen LogP contribution in [0.3, 0.4) is 0 Å². The van der Waals surface area contributed by atoms with Crippen molar-refractivity contribution in [3.05, 3.63) is 77.7 Å². The molecule has 0 saturated heterocycles. The Morgan fingerprint density at radius 3 is 2.61 bits per heavy atom. The maximum absolute atomic E-state index is 13.4. The van der Waals surface area contributed by atoms with Gasteiger partial charge < -0.3 is 9.15 Å². The van der Waals surface area contributed by atoms with Crippen molar-refractivity contribution in [2.24, 2.45) is 0 Å². The molecule has 0 spiro atoms. The summed E-state index contributed by atoms with van der Waals surface area (Å²) < 4.78 is 12.2. The topological polar surface area (TPSA) is 55.6 Å². The van der Waals surface area contributed by atoms with Gasteiger partial charge in [-0.15, -0.1) is 0 Å². The number of hydrogen-bond acceptors (Lipinski definition) is 5. The van der Waals surface area contributed by atoms with E-state index in [1.165, 1.54) is 16.9 Å². The SMILES string of the molecule is CCOc1cccc2sc(N(Cc3ccco3)C(=O)Cc3ccc(C(C)C)cc3)nc12. The molecule has 31 heavy (non-hydrogen) atoms. The van der Waals surface area contributed by atoms with Gasteiger partial charge in [0.2, 0.25) is 5.91 Å². The Labute approximate surface area is 186 Å². The third kappa shape index (κ3) is 4.80. The van der Waals surface area contributed by atoms with Crippen LogP contribution in [0.2, 0.25) is 0 Å². The summed E-state index contributed by atoms with van der Waals surface area (Å²) >= 11 is 1.48. The fraction of sp³-hybridized carbons (Fsp3) is 0.280. The third-order valence-electron chi connectivity index (χ3n) is 5.10. The second-order valence-corrected chi connectivity index (χ2v) is 8.67. The number of para-hydroxylation sites is 1. The number of carbonyl (C=O) groups is 1. The second kappa shape index (κ2) is 9.35. The van der Waals surface area contributed by atoms with Crippen LogP contribution < -0.4 is 9.64 Å². The van der Waals surface area contributed by atoms with Gasteiger partial charge in [-0.25, -0.2) is 4.98 Å². The minimum absolute atomic E-state index is 0.0225. The van der Waals surface area contributed by atoms with E-state index in [2.05, 4.69) is 26.0 Å². The van der Waals surface area contributed by atoms with E-state index >= 15 is 0 Å². The Morgan fingerprint density at radius 2 is 1.94 bits per heavy atom. The highest BCUT2D eigenvalue weighted by molar-refractivity contribution is 7.22. The highest BCUT2D eigenvalue weighted by atomic mass is 32.1. The van der Waals surface area contributed by atoms with Crippen LogP contribution in [0, 0.1) is 0 Å². The molecule has 0 aliphatic rings. The monoisotopic (exact) mass is 434 g/mol. The predicted octanol–water partition coefficient (Wildman–Crippen LogP) is 6.19. The third-order valence-corrected chi connectivity index (χ3v) is 6.14. The molecule has 2 heterocycles. The zero-order chi connectivity index (χ0) is 21.8. The summed E-state index contributed by atoms with van der Waals surface area (Å²) in [7, 11) is 0. The number of nitrogens with zero attached hydrogens (tertiary/aromatic N) is 2. The van der Waals surface area contributed by atoms with E-state index in [4.69, 9.17) is 14.1 Å². The molecular formula is C25H26N2O3S. The van der Waals surface area contributed by atoms with Crippen LogP contribution in [0.1, 0.15) is 43.6 Å². The lowest BCUT2D eigenvalue weighted by atomic mass is 10.0. The molecule has 0 N–H and O–H groups in total. The van der Waals surface area contributed by atoms with Crippen molar-refractivity contribution in [3.63, 3.8) is 0 Å². The first-order valence-electron chi connectivity index (χ1n) is 10.5. The van der Waals surface area contributed by atoms with E-state index in [0.717, 1.165) is 21.5 Å². The fourth-order valence-electron chi connectivity index (χ4n) is 3.41. The number of aromatic nitrogens is 1. The number of thiazole rings is 1. The van der Waals surface area contributed by atoms with Gasteiger partial charge in [0.25, 0.3) is 0 Å². The van der Waals surface area contributed by atoms with Crippen molar-refractivity contribution >= 4 is 32.6 Å². The van der Waals surface area contributed by atoms with Crippen molar-refractivity contribution in [1.29, 1.82) is 0 Å². The van der Waals surface area contributed by atoms with Gasteiger partial charge in [-0.2, -0.15) is 0 Å². The number of ether oxygens (including phenoxy) is 1. The molecule has 0 aliphatic heterocycles. The average Bonchev–Trinajstić information content (AvgIpc) is 3.42. The fourth-order valence-corrected chi connectivity index (χ4v) is 4.41. The Hall–Kier alpha value is -3.12. The number of hydrogen-bond donors (Lipinski definition) is 0. The Morgan fingerprint density at radius 1 is 1.13 bits per heavy atom. The van der Waals surface area contributed by atoms with Gasteiger partial charge in [-0.05, 0) is 48.2 Å². The summed E-state index contributed by atoms with van der Waals surface area (Å²) in [6, 6.07) is 17.8. The van der Waals surface area contributed by atoms with Gasteiger partial charge >= 0.3 is 0 Å². The van der Waals surface area contributed by atoms with E-state index in [1.807, 2.05) is 49.4 Å². The highest BCUT2D eigenvalue weighted by Gasteiger charge is 2.22. The van der Waals surface area contributed by atoms with Crippen LogP contribution in [-0.4, -0.2) is 17.5 Å². The van der Waals surface area contributed by atoms with Gasteiger partial charge in [0.1, 0.15) is 17.0 Å². The Balaban J connectivity index is 1.65. The van der Waals surface area contributed by atoms with Crippen LogP contribution in [0.5, 0.6) is 5.75 Å². The molecule has 1 amide bonds. The molecule has 5 nitrogen and oxygen atoms in total. The van der Waals surface area contributed by atoms with Gasteiger partial charge in [0.15, 0.2) is 5.13 Å². The Kier molecular flexibility index (Phi) is 6.37. The molecule has 2 aromatic heterocycles. The van der Waals surface area contributed by atoms with Crippen LogP contribution in [-0.2, 0) is 17.8 Å². The van der Waals surface area contributed by atoms with Crippen LogP contribution in [0.4, 0.5) is 5.13 Å². The summed E-state index contributed by atoms with van der Waals surface area (Å²) in [6.45, 7) is 7.17. The average molecular weight is 435 g/mol. The lowest BCUT2D eigenvalue weighted by Gasteiger charge is -2.19. The zero-order valence-electron chi connectivity index (χ0n) is 18.0. The maximum Gasteiger partial charge on any atom is 0.233 e. The van der Waals surface area contributed by atoms with Gasteiger partial charge in [0, 0.05) is 0 Å². The minimum Gasteiger partial charge on any atom is -0.492 e. The highest BCUT2D eigenvalue weighted by Crippen LogP contribution is 2.35. The predicted molar refractivity (Wildman–Crippen MR) is 125 cm³/mol. The standard InChI is InChI=1S/C25H26N2O3S/c1-4-29-21-8-5-9-22-24(21)26-25(31-22)27(16-20-7-6-14-30-20)23(28)15-18-10-12-19(13-11-18)17(2)3/h5-14,17H,4,15-16H2,1-3H3. The quantitative estimate of drug-likeness (QED) is 0.332. The molecule has 0 radical (unpaired) electrons.